The molecule has 2 heterocycles. The van der Waals surface area contributed by atoms with Crippen molar-refractivity contribution < 1.29 is 37.2 Å². The second-order valence-electron chi connectivity index (χ2n) is 8.14. The number of fused-ring (bicyclic) bond motifs is 2. The maximum Gasteiger partial charge on any atom is 0.115 e. The Hall–Kier alpha value is -1.02. The first kappa shape index (κ1) is 31.0. The molecule has 3 atom stereocenters. The van der Waals surface area contributed by atoms with Gasteiger partial charge in [0.15, 0.2) is 0 Å². The number of hydrogen-bond donors (Lipinski definition) is 2. The molecule has 4 rings (SSSR count). The Morgan fingerprint density at radius 1 is 1.19 bits per heavy atom. The second kappa shape index (κ2) is 14.3. The average Bonchev–Trinajstić information content (AvgIpc) is 3.25. The summed E-state index contributed by atoms with van der Waals surface area (Å²) in [7, 11) is 1.50. The molecule has 6 nitrogen and oxygen atoms in total. The van der Waals surface area contributed by atoms with E-state index in [1.54, 1.807) is 0 Å². The van der Waals surface area contributed by atoms with Gasteiger partial charge < -0.3 is 28.6 Å². The number of nitrogens with one attached hydrogen (secondary N) is 1. The van der Waals surface area contributed by atoms with E-state index in [1.165, 1.54) is 62.4 Å². The number of rotatable bonds is 5. The second-order valence-corrected chi connectivity index (χ2v) is 8.14. The van der Waals surface area contributed by atoms with Crippen molar-refractivity contribution >= 4 is 11.0 Å². The number of para-hydroxylation sites is 2. The summed E-state index contributed by atoms with van der Waals surface area (Å²) in [6.45, 7) is 9.97. The summed E-state index contributed by atoms with van der Waals surface area (Å²) in [5.74, 6) is 13.1. The largest absolute Gasteiger partial charge is 0.630 e. The van der Waals surface area contributed by atoms with E-state index in [1.807, 2.05) is 24.3 Å². The number of halogens is 1. The van der Waals surface area contributed by atoms with Gasteiger partial charge in [0, 0.05) is 49.9 Å². The number of benzene rings is 1. The molecule has 1 saturated heterocycles. The Kier molecular flexibility index (Phi) is 13.8. The third kappa shape index (κ3) is 5.54. The van der Waals surface area contributed by atoms with Crippen LogP contribution in [0.15, 0.2) is 36.5 Å². The summed E-state index contributed by atoms with van der Waals surface area (Å²) in [6, 6.07) is 8.53. The molecule has 0 bridgehead atoms. The van der Waals surface area contributed by atoms with Crippen molar-refractivity contribution in [2.45, 2.75) is 71.4 Å². The van der Waals surface area contributed by atoms with Gasteiger partial charge in [-0.25, -0.2) is 4.98 Å². The maximum atomic E-state index is 9.00. The minimum atomic E-state index is 0. The summed E-state index contributed by atoms with van der Waals surface area (Å²) < 4.78 is 10.5. The molecule has 1 aromatic carbocycles. The molecule has 2 aromatic rings. The Labute approximate surface area is 219 Å². The summed E-state index contributed by atoms with van der Waals surface area (Å²) in [4.78, 5) is 7.28. The third-order valence-electron chi connectivity index (χ3n) is 7.03. The molecule has 5 N–H and O–H groups in total. The van der Waals surface area contributed by atoms with Gasteiger partial charge in [0.2, 0.25) is 0 Å². The summed E-state index contributed by atoms with van der Waals surface area (Å²) in [5.41, 5.74) is 7.87. The molecule has 3 unspecified atom stereocenters. The van der Waals surface area contributed by atoms with Crippen LogP contribution in [0.5, 0.6) is 0 Å². The van der Waals surface area contributed by atoms with Crippen molar-refractivity contribution in [1.29, 1.82) is 0 Å². The Balaban J connectivity index is 0.00000152. The van der Waals surface area contributed by atoms with Crippen LogP contribution in [-0.4, -0.2) is 27.6 Å². The van der Waals surface area contributed by atoms with Crippen molar-refractivity contribution in [3.8, 4) is 0 Å². The van der Waals surface area contributed by atoms with E-state index in [0.29, 0.717) is 12.6 Å². The van der Waals surface area contributed by atoms with Crippen molar-refractivity contribution in [2.24, 2.45) is 23.0 Å². The van der Waals surface area contributed by atoms with Crippen LogP contribution in [0.1, 0.15) is 64.6 Å². The first-order valence-electron chi connectivity index (χ1n) is 11.1. The minimum Gasteiger partial charge on any atom is -0.630 e. The van der Waals surface area contributed by atoms with Gasteiger partial charge in [0.1, 0.15) is 5.82 Å². The zero-order valence-corrected chi connectivity index (χ0v) is 23.1. The predicted molar refractivity (Wildman–Crippen MR) is 129 cm³/mol. The van der Waals surface area contributed by atoms with Gasteiger partial charge in [-0.3, -0.25) is 0 Å². The van der Waals surface area contributed by atoms with Crippen LogP contribution in [0.4, 0.5) is 4.48 Å². The van der Waals surface area contributed by atoms with E-state index in [2.05, 4.69) is 37.0 Å². The van der Waals surface area contributed by atoms with Gasteiger partial charge in [-0.1, -0.05) is 51.8 Å². The van der Waals surface area contributed by atoms with Crippen molar-refractivity contribution in [3.63, 3.8) is 0 Å². The fourth-order valence-corrected chi connectivity index (χ4v) is 5.79. The number of nitrogens with zero attached hydrogens (tertiary/aromatic N) is 3. The van der Waals surface area contributed by atoms with Crippen LogP contribution in [0.25, 0.3) is 16.9 Å². The van der Waals surface area contributed by atoms with Gasteiger partial charge >= 0.3 is 0 Å². The molecule has 179 valence electrons. The van der Waals surface area contributed by atoms with E-state index in [9.17, 15) is 0 Å². The molecule has 1 aliphatic heterocycles. The molecule has 0 spiro atoms. The number of imidazole rings is 1. The Morgan fingerprint density at radius 3 is 2.41 bits per heavy atom. The summed E-state index contributed by atoms with van der Waals surface area (Å²) >= 11 is 0. The topological polar surface area (TPSA) is 96.9 Å². The molecule has 1 aliphatic carbocycles. The van der Waals surface area contributed by atoms with Crippen molar-refractivity contribution in [2.75, 3.05) is 7.05 Å². The van der Waals surface area contributed by atoms with E-state index in [0.717, 1.165) is 22.8 Å². The quantitative estimate of drug-likeness (QED) is 0.385. The number of aromatic nitrogens is 2. The van der Waals surface area contributed by atoms with Crippen LogP contribution in [-0.2, 0) is 39.3 Å². The van der Waals surface area contributed by atoms with Crippen LogP contribution in [0, 0.1) is 18.8 Å². The van der Waals surface area contributed by atoms with Gasteiger partial charge in [-0.05, 0) is 50.8 Å². The molecule has 1 radical (unpaired) electrons. The SMILES string of the molecule is C=C1N(Cc2nc3ccccc3n2[NH-])C2CCCCC2C1(CC)CCC.CN.NF.[CH3-].[Y]. The van der Waals surface area contributed by atoms with E-state index < -0.39 is 0 Å². The molecule has 1 saturated carbocycles. The number of nitrogens with two attached hydrogens (primary N) is 2. The van der Waals surface area contributed by atoms with Crippen molar-refractivity contribution in [1.82, 2.24) is 14.6 Å². The molecule has 2 aliphatic rings. The van der Waals surface area contributed by atoms with Crippen LogP contribution < -0.4 is 11.7 Å². The molecule has 0 amide bonds. The zero-order valence-electron chi connectivity index (χ0n) is 20.3. The molecule has 8 heteroatoms. The standard InChI is InChI=1S/C22H31N4.CH5N.CH3.FH2N.Y/c1-4-14-22(5-2)16(3)25(19-12-8-6-10-17(19)22)15-21-24-18-11-7-9-13-20(18)26(21)23;1-2;;1-2;/h7,9,11,13,17,19,23H,3-6,8,10,12,14-15H2,1-2H3;2H2,1H3;1H3;2H2;/q-1;;-1;;. The average molecular weight is 522 g/mol. The van der Waals surface area contributed by atoms with E-state index >= 15 is 0 Å². The normalized spacial score (nSPS) is 23.7. The monoisotopic (exact) mass is 521 g/mol. The number of allylic oxidation sites excluding steroid dienone is 1. The van der Waals surface area contributed by atoms with Crippen molar-refractivity contribution in [3.05, 3.63) is 55.6 Å². The number of hydrogen-bond acceptors (Lipinski definition) is 4. The minimum absolute atomic E-state index is 0. The molecular formula is C24H41FN6Y-2. The fourth-order valence-electron chi connectivity index (χ4n) is 5.79. The van der Waals surface area contributed by atoms with Crippen LogP contribution in [0.2, 0.25) is 0 Å². The van der Waals surface area contributed by atoms with Gasteiger partial charge in [0.05, 0.1) is 17.6 Å². The smallest absolute Gasteiger partial charge is 0.115 e. The maximum absolute atomic E-state index is 9.00. The Bertz CT molecular complexity index is 826. The first-order valence-corrected chi connectivity index (χ1v) is 11.1. The van der Waals surface area contributed by atoms with E-state index in [-0.39, 0.29) is 45.6 Å². The summed E-state index contributed by atoms with van der Waals surface area (Å²) in [6.07, 6.45) is 8.87. The molecular weight excluding hydrogens is 480 g/mol. The molecule has 2 fully saturated rings. The van der Waals surface area contributed by atoms with Gasteiger partial charge in [-0.15, -0.1) is 4.48 Å². The first-order chi connectivity index (χ1) is 14.6. The van der Waals surface area contributed by atoms with Crippen LogP contribution >= 0.6 is 0 Å². The third-order valence-corrected chi connectivity index (χ3v) is 7.03. The number of likely N-dealkylation sites (tertiary alicyclic amines) is 1. The fraction of sp³-hybridized carbons (Fsp3) is 0.583. The predicted octanol–water partition coefficient (Wildman–Crippen LogP) is 5.79. The Morgan fingerprint density at radius 2 is 1.81 bits per heavy atom. The molecule has 1 aromatic heterocycles. The van der Waals surface area contributed by atoms with Gasteiger partial charge in [0.25, 0.3) is 0 Å². The van der Waals surface area contributed by atoms with E-state index in [4.69, 9.17) is 15.3 Å². The van der Waals surface area contributed by atoms with Crippen LogP contribution in [0.3, 0.4) is 0 Å². The van der Waals surface area contributed by atoms with Gasteiger partial charge in [-0.2, -0.15) is 5.96 Å². The molecule has 32 heavy (non-hydrogen) atoms. The zero-order chi connectivity index (χ0) is 22.3. The summed E-state index contributed by atoms with van der Waals surface area (Å²) in [5, 5.41) is 0.